The molecule has 4 rings (SSSR count). The van der Waals surface area contributed by atoms with Gasteiger partial charge in [0.25, 0.3) is 5.91 Å². The van der Waals surface area contributed by atoms with E-state index in [1.54, 1.807) is 35.9 Å². The van der Waals surface area contributed by atoms with Crippen LogP contribution in [-0.2, 0) is 5.75 Å². The number of aromatic nitrogens is 4. The second-order valence-corrected chi connectivity index (χ2v) is 8.52. The van der Waals surface area contributed by atoms with Crippen molar-refractivity contribution in [2.45, 2.75) is 30.8 Å². The van der Waals surface area contributed by atoms with Gasteiger partial charge in [-0.15, -0.1) is 21.5 Å². The van der Waals surface area contributed by atoms with Gasteiger partial charge < -0.3 is 9.73 Å². The van der Waals surface area contributed by atoms with Crippen molar-refractivity contribution in [3.05, 3.63) is 64.6 Å². The molecule has 0 saturated heterocycles. The first kappa shape index (κ1) is 20.3. The smallest absolute Gasteiger partial charge is 0.270 e. The third kappa shape index (κ3) is 4.44. The summed E-state index contributed by atoms with van der Waals surface area (Å²) in [5, 5.41) is 14.5. The van der Waals surface area contributed by atoms with Crippen LogP contribution in [0.15, 0.2) is 57.6 Å². The minimum absolute atomic E-state index is 0.0475. The molecular weight excluding hydrogens is 425 g/mol. The molecule has 0 fully saturated rings. The maximum absolute atomic E-state index is 13.4. The Balaban J connectivity index is 1.58. The summed E-state index contributed by atoms with van der Waals surface area (Å²) in [5.41, 5.74) is 1.12. The average molecular weight is 444 g/mol. The number of thioether (sulfide) groups is 1. The zero-order valence-electron chi connectivity index (χ0n) is 16.2. The van der Waals surface area contributed by atoms with E-state index in [9.17, 15) is 9.18 Å². The molecular formula is C20H18FN5O2S2. The first-order chi connectivity index (χ1) is 14.5. The third-order valence-corrected chi connectivity index (χ3v) is 5.96. The molecule has 3 aromatic heterocycles. The molecule has 0 atom stereocenters. The van der Waals surface area contributed by atoms with Crippen LogP contribution in [0.2, 0.25) is 0 Å². The Morgan fingerprint density at radius 3 is 2.77 bits per heavy atom. The quantitative estimate of drug-likeness (QED) is 0.422. The van der Waals surface area contributed by atoms with Gasteiger partial charge in [0.15, 0.2) is 10.9 Å². The Morgan fingerprint density at radius 2 is 2.07 bits per heavy atom. The number of nitrogens with zero attached hydrogens (tertiary/aromatic N) is 4. The molecule has 1 amide bonds. The standard InChI is InChI=1S/C20H18FN5O2S2/c1-12(2)22-19(27)15-10-29-17(23-15)11-30-20-25-24-18(16-4-3-9-28-16)26(20)14-7-5-13(21)6-8-14/h3-10,12H,11H2,1-2H3,(H,22,27). The predicted molar refractivity (Wildman–Crippen MR) is 113 cm³/mol. The van der Waals surface area contributed by atoms with Crippen molar-refractivity contribution in [2.24, 2.45) is 0 Å². The van der Waals surface area contributed by atoms with E-state index in [1.807, 2.05) is 18.4 Å². The van der Waals surface area contributed by atoms with Crippen molar-refractivity contribution >= 4 is 29.0 Å². The van der Waals surface area contributed by atoms with Crippen LogP contribution >= 0.6 is 23.1 Å². The van der Waals surface area contributed by atoms with E-state index in [0.29, 0.717) is 33.9 Å². The lowest BCUT2D eigenvalue weighted by Gasteiger charge is -2.08. The molecule has 7 nitrogen and oxygen atoms in total. The molecule has 0 aliphatic rings. The zero-order chi connectivity index (χ0) is 21.1. The minimum atomic E-state index is -0.324. The fourth-order valence-corrected chi connectivity index (χ4v) is 4.44. The molecule has 10 heteroatoms. The Bertz CT molecular complexity index is 1140. The summed E-state index contributed by atoms with van der Waals surface area (Å²) in [6, 6.07) is 9.70. The SMILES string of the molecule is CC(C)NC(=O)c1csc(CSc2nnc(-c3ccco3)n2-c2ccc(F)cc2)n1. The van der Waals surface area contributed by atoms with Crippen LogP contribution < -0.4 is 5.32 Å². The Kier molecular flexibility index (Phi) is 5.96. The first-order valence-electron chi connectivity index (χ1n) is 9.14. The van der Waals surface area contributed by atoms with Crippen LogP contribution in [0.3, 0.4) is 0 Å². The monoisotopic (exact) mass is 443 g/mol. The second-order valence-electron chi connectivity index (χ2n) is 6.64. The topological polar surface area (TPSA) is 85.8 Å². The van der Waals surface area contributed by atoms with Gasteiger partial charge in [0, 0.05) is 11.4 Å². The molecule has 0 radical (unpaired) electrons. The van der Waals surface area contributed by atoms with E-state index in [0.717, 1.165) is 5.01 Å². The number of carbonyl (C=O) groups excluding carboxylic acids is 1. The van der Waals surface area contributed by atoms with Gasteiger partial charge in [-0.1, -0.05) is 11.8 Å². The number of benzene rings is 1. The normalized spacial score (nSPS) is 11.2. The van der Waals surface area contributed by atoms with Crippen LogP contribution in [0.5, 0.6) is 0 Å². The number of thiazole rings is 1. The second kappa shape index (κ2) is 8.80. The third-order valence-electron chi connectivity index (χ3n) is 3.99. The summed E-state index contributed by atoms with van der Waals surface area (Å²) in [6.45, 7) is 3.81. The fraction of sp³-hybridized carbons (Fsp3) is 0.200. The Labute approximate surface area is 180 Å². The summed E-state index contributed by atoms with van der Waals surface area (Å²) >= 11 is 2.84. The van der Waals surface area contributed by atoms with Crippen molar-refractivity contribution in [3.63, 3.8) is 0 Å². The highest BCUT2D eigenvalue weighted by Gasteiger charge is 2.19. The molecule has 0 bridgehead atoms. The van der Waals surface area contributed by atoms with Crippen molar-refractivity contribution in [3.8, 4) is 17.3 Å². The van der Waals surface area contributed by atoms with Crippen LogP contribution in [0.25, 0.3) is 17.3 Å². The van der Waals surface area contributed by atoms with Crippen LogP contribution in [0.1, 0.15) is 29.3 Å². The van der Waals surface area contributed by atoms with E-state index in [4.69, 9.17) is 4.42 Å². The van der Waals surface area contributed by atoms with Crippen molar-refractivity contribution in [1.82, 2.24) is 25.1 Å². The minimum Gasteiger partial charge on any atom is -0.461 e. The Hall–Kier alpha value is -2.98. The fourth-order valence-electron chi connectivity index (χ4n) is 2.70. The lowest BCUT2D eigenvalue weighted by molar-refractivity contribution is 0.0938. The molecule has 3 heterocycles. The van der Waals surface area contributed by atoms with Crippen molar-refractivity contribution in [2.75, 3.05) is 0 Å². The molecule has 4 aromatic rings. The molecule has 0 aliphatic heterocycles. The Morgan fingerprint density at radius 1 is 1.27 bits per heavy atom. The van der Waals surface area contributed by atoms with E-state index < -0.39 is 0 Å². The predicted octanol–water partition coefficient (Wildman–Crippen LogP) is 4.55. The van der Waals surface area contributed by atoms with Gasteiger partial charge in [-0.2, -0.15) is 0 Å². The lowest BCUT2D eigenvalue weighted by atomic mass is 10.3. The summed E-state index contributed by atoms with van der Waals surface area (Å²) < 4.78 is 20.7. The zero-order valence-corrected chi connectivity index (χ0v) is 17.8. The molecule has 0 spiro atoms. The molecule has 154 valence electrons. The largest absolute Gasteiger partial charge is 0.461 e. The van der Waals surface area contributed by atoms with Gasteiger partial charge in [0.2, 0.25) is 5.82 Å². The van der Waals surface area contributed by atoms with Gasteiger partial charge in [-0.05, 0) is 50.2 Å². The highest BCUT2D eigenvalue weighted by Crippen LogP contribution is 2.30. The van der Waals surface area contributed by atoms with Gasteiger partial charge in [0.1, 0.15) is 16.5 Å². The van der Waals surface area contributed by atoms with Crippen LogP contribution in [0, 0.1) is 5.82 Å². The van der Waals surface area contributed by atoms with Gasteiger partial charge in [-0.3, -0.25) is 9.36 Å². The first-order valence-corrected chi connectivity index (χ1v) is 11.0. The number of hydrogen-bond acceptors (Lipinski definition) is 7. The molecule has 0 unspecified atom stereocenters. The van der Waals surface area contributed by atoms with Gasteiger partial charge in [0.05, 0.1) is 17.7 Å². The van der Waals surface area contributed by atoms with Crippen LogP contribution in [-0.4, -0.2) is 31.7 Å². The summed E-state index contributed by atoms with van der Waals surface area (Å²) in [4.78, 5) is 16.5. The van der Waals surface area contributed by atoms with E-state index in [2.05, 4.69) is 20.5 Å². The van der Waals surface area contributed by atoms with Gasteiger partial charge in [-0.25, -0.2) is 9.37 Å². The van der Waals surface area contributed by atoms with Crippen LogP contribution in [0.4, 0.5) is 4.39 Å². The van der Waals surface area contributed by atoms with E-state index in [-0.39, 0.29) is 17.8 Å². The highest BCUT2D eigenvalue weighted by atomic mass is 32.2. The maximum Gasteiger partial charge on any atom is 0.270 e. The number of furan rings is 1. The summed E-state index contributed by atoms with van der Waals surface area (Å²) in [7, 11) is 0. The van der Waals surface area contributed by atoms with E-state index >= 15 is 0 Å². The number of hydrogen-bond donors (Lipinski definition) is 1. The number of amides is 1. The molecule has 0 aliphatic carbocycles. The van der Waals surface area contributed by atoms with Gasteiger partial charge >= 0.3 is 0 Å². The molecule has 1 N–H and O–H groups in total. The summed E-state index contributed by atoms with van der Waals surface area (Å²) in [6.07, 6.45) is 1.56. The lowest BCUT2D eigenvalue weighted by Crippen LogP contribution is -2.30. The number of rotatable bonds is 7. The average Bonchev–Trinajstić information content (AvgIpc) is 3.46. The van der Waals surface area contributed by atoms with Crippen molar-refractivity contribution < 1.29 is 13.6 Å². The number of carbonyl (C=O) groups is 1. The molecule has 1 aromatic carbocycles. The van der Waals surface area contributed by atoms with Crippen molar-refractivity contribution in [1.29, 1.82) is 0 Å². The number of nitrogens with one attached hydrogen (secondary N) is 1. The highest BCUT2D eigenvalue weighted by molar-refractivity contribution is 7.98. The summed E-state index contributed by atoms with van der Waals surface area (Å²) in [5.74, 6) is 1.07. The maximum atomic E-state index is 13.4. The number of halogens is 1. The van der Waals surface area contributed by atoms with E-state index in [1.165, 1.54) is 35.2 Å². The molecule has 30 heavy (non-hydrogen) atoms. The molecule has 0 saturated carbocycles.